The van der Waals surface area contributed by atoms with E-state index in [2.05, 4.69) is 12.0 Å². The van der Waals surface area contributed by atoms with Crippen LogP contribution in [0, 0.1) is 0 Å². The van der Waals surface area contributed by atoms with Crippen molar-refractivity contribution in [3.8, 4) is 11.4 Å². The fraction of sp³-hybridized carbons (Fsp3) is 0.231. The first-order chi connectivity index (χ1) is 16.7. The molecule has 0 saturated heterocycles. The maximum atomic E-state index is 12.9. The van der Waals surface area contributed by atoms with Crippen LogP contribution in [0.2, 0.25) is 0 Å². The highest BCUT2D eigenvalue weighted by Gasteiger charge is 2.30. The number of carbonyl (C=O) groups is 1. The first-order valence-corrected chi connectivity index (χ1v) is 11.8. The summed E-state index contributed by atoms with van der Waals surface area (Å²) in [6.07, 6.45) is -1.88. The van der Waals surface area contributed by atoms with Gasteiger partial charge in [-0.1, -0.05) is 25.1 Å². The van der Waals surface area contributed by atoms with Gasteiger partial charge in [-0.15, -0.1) is 11.8 Å². The number of carboxylic acids is 1. The molecule has 0 spiro atoms. The Bertz CT molecular complexity index is 1350. The summed E-state index contributed by atoms with van der Waals surface area (Å²) in [6, 6.07) is 16.5. The van der Waals surface area contributed by atoms with E-state index in [-0.39, 0.29) is 11.9 Å². The van der Waals surface area contributed by atoms with E-state index in [1.54, 1.807) is 22.5 Å². The van der Waals surface area contributed by atoms with E-state index in [4.69, 9.17) is 9.84 Å². The molecule has 35 heavy (non-hydrogen) atoms. The maximum absolute atomic E-state index is 12.9. The number of nitrogens with zero attached hydrogens (tertiary/aromatic N) is 2. The van der Waals surface area contributed by atoms with Gasteiger partial charge < -0.3 is 9.84 Å². The van der Waals surface area contributed by atoms with Crippen LogP contribution in [0.5, 0.6) is 5.75 Å². The van der Waals surface area contributed by atoms with Crippen LogP contribution in [-0.2, 0) is 17.4 Å². The summed E-state index contributed by atoms with van der Waals surface area (Å²) in [5.74, 6) is -0.466. The van der Waals surface area contributed by atoms with Gasteiger partial charge in [-0.05, 0) is 66.9 Å². The highest BCUT2D eigenvalue weighted by molar-refractivity contribution is 7.99. The minimum atomic E-state index is -4.38. The Morgan fingerprint density at radius 1 is 1.14 bits per heavy atom. The number of halogens is 3. The van der Waals surface area contributed by atoms with Crippen molar-refractivity contribution < 1.29 is 27.8 Å². The second-order valence-corrected chi connectivity index (χ2v) is 9.38. The first kappa shape index (κ1) is 24.7. The van der Waals surface area contributed by atoms with E-state index in [1.165, 1.54) is 12.1 Å². The molecule has 9 heteroatoms. The third-order valence-electron chi connectivity index (χ3n) is 5.54. The zero-order valence-corrected chi connectivity index (χ0v) is 19.9. The van der Waals surface area contributed by atoms with Crippen molar-refractivity contribution in [2.45, 2.75) is 36.6 Å². The lowest BCUT2D eigenvalue weighted by Gasteiger charge is -2.15. The molecule has 0 aliphatic heterocycles. The number of aryl methyl sites for hydroxylation is 1. The standard InChI is InChI=1S/C26H23F3N2O3S/c1-3-17-13-21(11-12-23(17)34-15-24(32)33)35-16(2)22-6-4-5-18-14-31(30-25(18)22)20-9-7-19(8-10-20)26(27,28)29/h4-14,16H,3,15H2,1-2H3,(H,32,33). The van der Waals surface area contributed by atoms with Crippen molar-refractivity contribution in [1.29, 1.82) is 0 Å². The third-order valence-corrected chi connectivity index (χ3v) is 6.68. The molecule has 0 amide bonds. The Morgan fingerprint density at radius 2 is 1.89 bits per heavy atom. The van der Waals surface area contributed by atoms with Gasteiger partial charge in [0.05, 0.1) is 16.8 Å². The summed E-state index contributed by atoms with van der Waals surface area (Å²) < 4.78 is 45.7. The Kier molecular flexibility index (Phi) is 7.07. The summed E-state index contributed by atoms with van der Waals surface area (Å²) in [5, 5.41) is 14.5. The molecule has 182 valence electrons. The Hall–Kier alpha value is -3.46. The van der Waals surface area contributed by atoms with E-state index in [0.29, 0.717) is 17.9 Å². The van der Waals surface area contributed by atoms with Crippen LogP contribution in [0.25, 0.3) is 16.6 Å². The van der Waals surface area contributed by atoms with Gasteiger partial charge in [-0.2, -0.15) is 18.3 Å². The van der Waals surface area contributed by atoms with Crippen LogP contribution >= 0.6 is 11.8 Å². The van der Waals surface area contributed by atoms with E-state index in [9.17, 15) is 18.0 Å². The predicted molar refractivity (Wildman–Crippen MR) is 129 cm³/mol. The van der Waals surface area contributed by atoms with Crippen LogP contribution < -0.4 is 4.74 Å². The molecule has 1 heterocycles. The predicted octanol–water partition coefficient (Wildman–Crippen LogP) is 6.92. The van der Waals surface area contributed by atoms with Crippen LogP contribution in [0.3, 0.4) is 0 Å². The number of hydrogen-bond donors (Lipinski definition) is 1. The third kappa shape index (κ3) is 5.62. The zero-order valence-electron chi connectivity index (χ0n) is 19.0. The fourth-order valence-electron chi connectivity index (χ4n) is 3.78. The van der Waals surface area contributed by atoms with Crippen molar-refractivity contribution in [3.63, 3.8) is 0 Å². The minimum absolute atomic E-state index is 0.0325. The molecule has 4 rings (SSSR count). The number of alkyl halides is 3. The Balaban J connectivity index is 1.58. The number of thioether (sulfide) groups is 1. The number of carboxylic acid groups (broad SMARTS) is 1. The van der Waals surface area contributed by atoms with Gasteiger partial charge in [0.25, 0.3) is 0 Å². The van der Waals surface area contributed by atoms with Crippen LogP contribution in [0.4, 0.5) is 13.2 Å². The zero-order chi connectivity index (χ0) is 25.2. The number of fused-ring (bicyclic) bond motifs is 1. The summed E-state index contributed by atoms with van der Waals surface area (Å²) in [4.78, 5) is 11.8. The van der Waals surface area contributed by atoms with E-state index < -0.39 is 17.7 Å². The topological polar surface area (TPSA) is 64.4 Å². The molecule has 5 nitrogen and oxygen atoms in total. The van der Waals surface area contributed by atoms with Crippen LogP contribution in [0.1, 0.15) is 35.8 Å². The summed E-state index contributed by atoms with van der Waals surface area (Å²) in [7, 11) is 0. The SMILES string of the molecule is CCc1cc(SC(C)c2cccc3cn(-c4ccc(C(F)(F)F)cc4)nc23)ccc1OCC(=O)O. The molecule has 1 unspecified atom stereocenters. The Morgan fingerprint density at radius 3 is 2.54 bits per heavy atom. The van der Waals surface area contributed by atoms with Gasteiger partial charge in [0.1, 0.15) is 5.75 Å². The van der Waals surface area contributed by atoms with E-state index in [1.807, 2.05) is 43.5 Å². The normalized spacial score (nSPS) is 12.6. The number of aromatic nitrogens is 2. The van der Waals surface area contributed by atoms with Crippen LogP contribution in [0.15, 0.2) is 71.8 Å². The van der Waals surface area contributed by atoms with Gasteiger partial charge in [0.15, 0.2) is 6.61 Å². The van der Waals surface area contributed by atoms with Crippen LogP contribution in [-0.4, -0.2) is 27.5 Å². The molecular formula is C26H23F3N2O3S. The van der Waals surface area contributed by atoms with Gasteiger partial charge in [-0.3, -0.25) is 0 Å². The maximum Gasteiger partial charge on any atom is 0.416 e. The lowest BCUT2D eigenvalue weighted by atomic mass is 10.1. The van der Waals surface area contributed by atoms with Gasteiger partial charge in [-0.25, -0.2) is 9.48 Å². The molecule has 0 aliphatic rings. The monoisotopic (exact) mass is 500 g/mol. The molecule has 0 fully saturated rings. The molecule has 3 aromatic carbocycles. The molecule has 1 atom stereocenters. The highest BCUT2D eigenvalue weighted by atomic mass is 32.2. The summed E-state index contributed by atoms with van der Waals surface area (Å²) >= 11 is 1.64. The average Bonchev–Trinajstić information content (AvgIpc) is 3.27. The second-order valence-electron chi connectivity index (χ2n) is 7.97. The van der Waals surface area contributed by atoms with E-state index >= 15 is 0 Å². The minimum Gasteiger partial charge on any atom is -0.482 e. The Labute approximate surface area is 204 Å². The number of ether oxygens (including phenoxy) is 1. The molecular weight excluding hydrogens is 477 g/mol. The van der Waals surface area contributed by atoms with Crippen molar-refractivity contribution in [2.75, 3.05) is 6.61 Å². The molecule has 1 aromatic heterocycles. The number of benzene rings is 3. The molecule has 1 N–H and O–H groups in total. The number of rotatable bonds is 8. The molecule has 0 saturated carbocycles. The fourth-order valence-corrected chi connectivity index (χ4v) is 4.87. The van der Waals surface area contributed by atoms with Crippen molar-refractivity contribution in [2.24, 2.45) is 0 Å². The highest BCUT2D eigenvalue weighted by Crippen LogP contribution is 2.39. The van der Waals surface area contributed by atoms with Gasteiger partial charge in [0.2, 0.25) is 0 Å². The van der Waals surface area contributed by atoms with E-state index in [0.717, 1.165) is 39.1 Å². The molecule has 4 aromatic rings. The van der Waals surface area contributed by atoms with Crippen molar-refractivity contribution in [1.82, 2.24) is 9.78 Å². The smallest absolute Gasteiger partial charge is 0.416 e. The number of aliphatic carboxylic acids is 1. The second kappa shape index (κ2) is 10.0. The molecule has 0 bridgehead atoms. The molecule has 0 aliphatic carbocycles. The number of hydrogen-bond acceptors (Lipinski definition) is 4. The van der Waals surface area contributed by atoms with Gasteiger partial charge in [0, 0.05) is 21.7 Å². The average molecular weight is 501 g/mol. The van der Waals surface area contributed by atoms with Crippen molar-refractivity contribution >= 4 is 28.6 Å². The summed E-state index contributed by atoms with van der Waals surface area (Å²) in [5.41, 5.74) is 2.56. The van der Waals surface area contributed by atoms with Crippen molar-refractivity contribution in [3.05, 3.63) is 83.6 Å². The quantitative estimate of drug-likeness (QED) is 0.266. The lowest BCUT2D eigenvalue weighted by molar-refractivity contribution is -0.139. The largest absolute Gasteiger partial charge is 0.482 e. The first-order valence-electron chi connectivity index (χ1n) is 11.0. The van der Waals surface area contributed by atoms with Gasteiger partial charge >= 0.3 is 12.1 Å². The molecule has 0 radical (unpaired) electrons. The summed E-state index contributed by atoms with van der Waals surface area (Å²) in [6.45, 7) is 3.66. The lowest BCUT2D eigenvalue weighted by Crippen LogP contribution is -2.10.